The quantitative estimate of drug-likeness (QED) is 0.302. The van der Waals surface area contributed by atoms with Crippen LogP contribution in [0.1, 0.15) is 23.6 Å². The Morgan fingerprint density at radius 3 is 2.34 bits per heavy atom. The second-order valence-electron chi connectivity index (χ2n) is 6.34. The number of aliphatic imine (C=N–C) groups is 1. The summed E-state index contributed by atoms with van der Waals surface area (Å²) in [5, 5.41) is 6.67. The van der Waals surface area contributed by atoms with Crippen LogP contribution in [0.3, 0.4) is 0 Å². The Balaban J connectivity index is 0.00000420. The monoisotopic (exact) mass is 513 g/mol. The number of nitrogens with one attached hydrogen (secondary N) is 2. The zero-order valence-corrected chi connectivity index (χ0v) is 20.2. The second-order valence-corrected chi connectivity index (χ2v) is 6.34. The topological polar surface area (TPSA) is 64.1 Å². The van der Waals surface area contributed by atoms with E-state index in [4.69, 9.17) is 14.2 Å². The van der Waals surface area contributed by atoms with Gasteiger partial charge in [0, 0.05) is 20.1 Å². The summed E-state index contributed by atoms with van der Waals surface area (Å²) < 4.78 is 16.4. The Labute approximate surface area is 191 Å². The highest BCUT2D eigenvalue weighted by molar-refractivity contribution is 14.0. The number of methoxy groups -OCH3 is 2. The van der Waals surface area contributed by atoms with Gasteiger partial charge in [0.2, 0.25) is 0 Å². The molecule has 0 aliphatic rings. The van der Waals surface area contributed by atoms with Gasteiger partial charge in [0.15, 0.2) is 17.5 Å². The van der Waals surface area contributed by atoms with Gasteiger partial charge in [-0.2, -0.15) is 0 Å². The van der Waals surface area contributed by atoms with Crippen LogP contribution in [0, 0.1) is 6.92 Å². The van der Waals surface area contributed by atoms with E-state index in [9.17, 15) is 0 Å². The van der Waals surface area contributed by atoms with Crippen molar-refractivity contribution in [3.05, 3.63) is 53.1 Å². The summed E-state index contributed by atoms with van der Waals surface area (Å²) in [6.45, 7) is 6.04. The van der Waals surface area contributed by atoms with Gasteiger partial charge in [0.25, 0.3) is 0 Å². The lowest BCUT2D eigenvalue weighted by Gasteiger charge is -2.15. The Morgan fingerprint density at radius 2 is 1.69 bits per heavy atom. The van der Waals surface area contributed by atoms with Gasteiger partial charge in [-0.3, -0.25) is 4.99 Å². The number of rotatable bonds is 9. The number of aryl methyl sites for hydroxylation is 1. The first-order valence-electron chi connectivity index (χ1n) is 9.49. The molecule has 0 saturated carbocycles. The Hall–Kier alpha value is -2.16. The van der Waals surface area contributed by atoms with Crippen molar-refractivity contribution in [1.29, 1.82) is 0 Å². The van der Waals surface area contributed by atoms with E-state index in [1.165, 1.54) is 11.1 Å². The fourth-order valence-corrected chi connectivity index (χ4v) is 2.92. The largest absolute Gasteiger partial charge is 0.496 e. The molecule has 0 atom stereocenters. The van der Waals surface area contributed by atoms with Crippen LogP contribution >= 0.6 is 24.0 Å². The van der Waals surface area contributed by atoms with Crippen molar-refractivity contribution in [1.82, 2.24) is 10.6 Å². The maximum absolute atomic E-state index is 5.56. The molecule has 2 rings (SSSR count). The van der Waals surface area contributed by atoms with E-state index < -0.39 is 0 Å². The smallest absolute Gasteiger partial charge is 0.191 e. The SMILES string of the molecule is CCOc1ccc(CNC(=NC)NCCc2cc(C)ccc2OC)cc1OC.I. The van der Waals surface area contributed by atoms with Gasteiger partial charge in [-0.25, -0.2) is 0 Å². The summed E-state index contributed by atoms with van der Waals surface area (Å²) >= 11 is 0. The maximum atomic E-state index is 5.56. The predicted octanol–water partition coefficient (Wildman–Crippen LogP) is 3.94. The Kier molecular flexibility index (Phi) is 11.3. The first-order chi connectivity index (χ1) is 13.6. The third-order valence-electron chi connectivity index (χ3n) is 4.33. The van der Waals surface area contributed by atoms with Crippen LogP contribution in [-0.2, 0) is 13.0 Å². The lowest BCUT2D eigenvalue weighted by molar-refractivity contribution is 0.310. The number of benzene rings is 2. The summed E-state index contributed by atoms with van der Waals surface area (Å²) in [6, 6.07) is 12.1. The van der Waals surface area contributed by atoms with Crippen LogP contribution in [0.25, 0.3) is 0 Å². The normalized spacial score (nSPS) is 10.7. The minimum absolute atomic E-state index is 0. The van der Waals surface area contributed by atoms with Crippen LogP contribution in [0.15, 0.2) is 41.4 Å². The molecule has 0 unspecified atom stereocenters. The molecular formula is C22H32IN3O3. The molecule has 2 aromatic carbocycles. The molecule has 0 heterocycles. The van der Waals surface area contributed by atoms with Gasteiger partial charge < -0.3 is 24.8 Å². The van der Waals surface area contributed by atoms with Crippen molar-refractivity contribution in [3.63, 3.8) is 0 Å². The van der Waals surface area contributed by atoms with Gasteiger partial charge in [-0.15, -0.1) is 24.0 Å². The molecule has 2 aromatic rings. The molecule has 160 valence electrons. The number of ether oxygens (including phenoxy) is 3. The number of nitrogens with zero attached hydrogens (tertiary/aromatic N) is 1. The molecular weight excluding hydrogens is 481 g/mol. The van der Waals surface area contributed by atoms with Crippen molar-refractivity contribution >= 4 is 29.9 Å². The van der Waals surface area contributed by atoms with Crippen molar-refractivity contribution in [2.75, 3.05) is 34.4 Å². The molecule has 0 fully saturated rings. The number of guanidine groups is 1. The Morgan fingerprint density at radius 1 is 0.966 bits per heavy atom. The van der Waals surface area contributed by atoms with Crippen LogP contribution in [0.4, 0.5) is 0 Å². The first-order valence-corrected chi connectivity index (χ1v) is 9.49. The highest BCUT2D eigenvalue weighted by atomic mass is 127. The highest BCUT2D eigenvalue weighted by Gasteiger charge is 2.07. The summed E-state index contributed by atoms with van der Waals surface area (Å²) in [4.78, 5) is 4.29. The third-order valence-corrected chi connectivity index (χ3v) is 4.33. The maximum Gasteiger partial charge on any atom is 0.191 e. The summed E-state index contributed by atoms with van der Waals surface area (Å²) in [7, 11) is 5.11. The molecule has 7 heteroatoms. The summed E-state index contributed by atoms with van der Waals surface area (Å²) in [6.07, 6.45) is 0.850. The number of hydrogen-bond acceptors (Lipinski definition) is 4. The molecule has 29 heavy (non-hydrogen) atoms. The van der Waals surface area contributed by atoms with E-state index in [0.29, 0.717) is 13.2 Å². The highest BCUT2D eigenvalue weighted by Crippen LogP contribution is 2.28. The van der Waals surface area contributed by atoms with Gasteiger partial charge in [0.05, 0.1) is 20.8 Å². The van der Waals surface area contributed by atoms with E-state index in [0.717, 1.165) is 41.7 Å². The van der Waals surface area contributed by atoms with Crippen molar-refractivity contribution in [2.45, 2.75) is 26.8 Å². The van der Waals surface area contributed by atoms with E-state index in [1.54, 1.807) is 21.3 Å². The van der Waals surface area contributed by atoms with E-state index in [1.807, 2.05) is 31.2 Å². The molecule has 0 aliphatic carbocycles. The second kappa shape index (κ2) is 13.1. The number of hydrogen-bond donors (Lipinski definition) is 2. The average molecular weight is 513 g/mol. The Bertz CT molecular complexity index is 797. The molecule has 0 amide bonds. The van der Waals surface area contributed by atoms with Gasteiger partial charge in [-0.05, 0) is 49.6 Å². The average Bonchev–Trinajstić information content (AvgIpc) is 2.71. The van der Waals surface area contributed by atoms with Gasteiger partial charge in [-0.1, -0.05) is 23.8 Å². The third kappa shape index (κ3) is 7.64. The molecule has 6 nitrogen and oxygen atoms in total. The molecule has 0 spiro atoms. The van der Waals surface area contributed by atoms with E-state index in [2.05, 4.69) is 34.7 Å². The van der Waals surface area contributed by atoms with Crippen LogP contribution in [-0.4, -0.2) is 40.4 Å². The standard InChI is InChI=1S/C22H31N3O3.HI/c1-6-28-20-10-8-17(14-21(20)27-5)15-25-22(23-3)24-12-11-18-13-16(2)7-9-19(18)26-4;/h7-10,13-14H,6,11-12,15H2,1-5H3,(H2,23,24,25);1H. The van der Waals surface area contributed by atoms with Crippen molar-refractivity contribution in [3.8, 4) is 17.2 Å². The lowest BCUT2D eigenvalue weighted by atomic mass is 10.1. The van der Waals surface area contributed by atoms with Crippen molar-refractivity contribution in [2.24, 2.45) is 4.99 Å². The van der Waals surface area contributed by atoms with Gasteiger partial charge >= 0.3 is 0 Å². The van der Waals surface area contributed by atoms with E-state index >= 15 is 0 Å². The fraction of sp³-hybridized carbons (Fsp3) is 0.409. The van der Waals surface area contributed by atoms with Crippen LogP contribution in [0.5, 0.6) is 17.2 Å². The number of halogens is 1. The molecule has 0 bridgehead atoms. The lowest BCUT2D eigenvalue weighted by Crippen LogP contribution is -2.37. The minimum Gasteiger partial charge on any atom is -0.496 e. The zero-order valence-electron chi connectivity index (χ0n) is 17.9. The first kappa shape index (κ1) is 24.9. The summed E-state index contributed by atoms with van der Waals surface area (Å²) in [5.74, 6) is 3.15. The molecule has 0 radical (unpaired) electrons. The van der Waals surface area contributed by atoms with Crippen LogP contribution < -0.4 is 24.8 Å². The van der Waals surface area contributed by atoms with Gasteiger partial charge in [0.1, 0.15) is 5.75 Å². The predicted molar refractivity (Wildman–Crippen MR) is 129 cm³/mol. The summed E-state index contributed by atoms with van der Waals surface area (Å²) in [5.41, 5.74) is 3.49. The van der Waals surface area contributed by atoms with Crippen LogP contribution in [0.2, 0.25) is 0 Å². The van der Waals surface area contributed by atoms with Crippen molar-refractivity contribution < 1.29 is 14.2 Å². The zero-order chi connectivity index (χ0) is 20.4. The fourth-order valence-electron chi connectivity index (χ4n) is 2.92. The van der Waals surface area contributed by atoms with E-state index in [-0.39, 0.29) is 24.0 Å². The molecule has 2 N–H and O–H groups in total. The molecule has 0 aliphatic heterocycles. The minimum atomic E-state index is 0. The molecule has 0 saturated heterocycles. The molecule has 0 aromatic heterocycles.